The number of hydrogen-bond acceptors (Lipinski definition) is 1. The number of nitrogens with zero attached hydrogens (tertiary/aromatic N) is 2. The van der Waals surface area contributed by atoms with Crippen molar-refractivity contribution in [2.24, 2.45) is 35.5 Å². The average Bonchev–Trinajstić information content (AvgIpc) is 4.11. The van der Waals surface area contributed by atoms with E-state index in [1.165, 1.54) is 125 Å². The van der Waals surface area contributed by atoms with Crippen molar-refractivity contribution in [3.05, 3.63) is 180 Å². The summed E-state index contributed by atoms with van der Waals surface area (Å²) in [5.41, 5.74) is 19.9. The number of benzene rings is 7. The Morgan fingerprint density at radius 2 is 0.967 bits per heavy atom. The van der Waals surface area contributed by atoms with Crippen molar-refractivity contribution in [3.63, 3.8) is 0 Å². The fourth-order valence-corrected chi connectivity index (χ4v) is 16.2. The molecule has 8 aromatic rings. The number of rotatable bonds is 4. The SMILES string of the molecule is c1ccc(-n2c3ccccc3c3ccc(N(c4ccc5c(c4)-c4ccccc4C54CC5CCC4C5)c4ccc5c(c4)-c4ccccc4C54C5CC6CC(C5)CC4C6)cc32)cc1. The molecule has 3 atom stereocenters. The molecule has 8 aliphatic rings. The van der Waals surface area contributed by atoms with E-state index in [4.69, 9.17) is 0 Å². The molecule has 0 N–H and O–H groups in total. The Morgan fingerprint density at radius 1 is 0.410 bits per heavy atom. The van der Waals surface area contributed by atoms with Gasteiger partial charge in [0.15, 0.2) is 0 Å². The molecule has 6 bridgehead atoms. The van der Waals surface area contributed by atoms with E-state index in [0.717, 1.165) is 35.5 Å². The van der Waals surface area contributed by atoms with Gasteiger partial charge in [-0.3, -0.25) is 0 Å². The van der Waals surface area contributed by atoms with Gasteiger partial charge in [-0.2, -0.15) is 0 Å². The van der Waals surface area contributed by atoms with E-state index in [9.17, 15) is 0 Å². The molecular formula is C59H50N2. The molecular weight excluding hydrogens is 737 g/mol. The lowest BCUT2D eigenvalue weighted by Crippen LogP contribution is -2.55. The summed E-state index contributed by atoms with van der Waals surface area (Å²) in [6, 6.07) is 61.5. The van der Waals surface area contributed by atoms with E-state index >= 15 is 0 Å². The third kappa shape index (κ3) is 4.25. The lowest BCUT2D eigenvalue weighted by atomic mass is 9.43. The highest BCUT2D eigenvalue weighted by Crippen LogP contribution is 2.70. The maximum Gasteiger partial charge on any atom is 0.0561 e. The maximum atomic E-state index is 2.60. The lowest BCUT2D eigenvalue weighted by Gasteiger charge is -2.61. The highest BCUT2D eigenvalue weighted by atomic mass is 15.1. The quantitative estimate of drug-likeness (QED) is 0.172. The summed E-state index contributed by atoms with van der Waals surface area (Å²) in [6.07, 6.45) is 12.6. The van der Waals surface area contributed by atoms with Gasteiger partial charge < -0.3 is 9.47 Å². The summed E-state index contributed by atoms with van der Waals surface area (Å²) in [4.78, 5) is 2.60. The summed E-state index contributed by atoms with van der Waals surface area (Å²) in [7, 11) is 0. The van der Waals surface area contributed by atoms with Crippen molar-refractivity contribution < 1.29 is 0 Å². The monoisotopic (exact) mass is 786 g/mol. The molecule has 0 aliphatic heterocycles. The van der Waals surface area contributed by atoms with Crippen molar-refractivity contribution in [3.8, 4) is 27.9 Å². The van der Waals surface area contributed by atoms with Crippen molar-refractivity contribution in [2.45, 2.75) is 68.6 Å². The van der Waals surface area contributed by atoms with E-state index in [1.54, 1.807) is 22.3 Å². The van der Waals surface area contributed by atoms with E-state index in [2.05, 4.69) is 167 Å². The predicted molar refractivity (Wildman–Crippen MR) is 250 cm³/mol. The predicted octanol–water partition coefficient (Wildman–Crippen LogP) is 15.1. The van der Waals surface area contributed by atoms with Gasteiger partial charge in [0.2, 0.25) is 0 Å². The first-order valence-corrected chi connectivity index (χ1v) is 23.5. The summed E-state index contributed by atoms with van der Waals surface area (Å²) in [6.45, 7) is 0. The van der Waals surface area contributed by atoms with Crippen LogP contribution in [0.5, 0.6) is 0 Å². The van der Waals surface area contributed by atoms with Gasteiger partial charge in [-0.05, 0) is 186 Å². The molecule has 2 nitrogen and oxygen atoms in total. The largest absolute Gasteiger partial charge is 0.310 e. The van der Waals surface area contributed by atoms with Crippen LogP contribution in [-0.4, -0.2) is 4.57 Å². The fourth-order valence-electron chi connectivity index (χ4n) is 16.2. The molecule has 2 heteroatoms. The molecule has 0 saturated heterocycles. The molecule has 16 rings (SSSR count). The summed E-state index contributed by atoms with van der Waals surface area (Å²) in [5, 5.41) is 2.58. The van der Waals surface area contributed by atoms with Crippen LogP contribution in [0.25, 0.3) is 49.7 Å². The topological polar surface area (TPSA) is 8.17 Å². The second kappa shape index (κ2) is 11.9. The molecule has 1 aromatic heterocycles. The Balaban J connectivity index is 0.967. The Hall–Kier alpha value is -5.86. The van der Waals surface area contributed by atoms with Crippen molar-refractivity contribution in [1.82, 2.24) is 4.57 Å². The van der Waals surface area contributed by atoms with E-state index in [0.29, 0.717) is 0 Å². The molecule has 7 aromatic carbocycles. The number of hydrogen-bond donors (Lipinski definition) is 0. The third-order valence-electron chi connectivity index (χ3n) is 18.0. The zero-order chi connectivity index (χ0) is 39.6. The first-order valence-electron chi connectivity index (χ1n) is 23.5. The molecule has 0 radical (unpaired) electrons. The molecule has 6 fully saturated rings. The van der Waals surface area contributed by atoms with E-state index in [1.807, 2.05) is 0 Å². The minimum Gasteiger partial charge on any atom is -0.310 e. The zero-order valence-corrected chi connectivity index (χ0v) is 34.7. The molecule has 8 aliphatic carbocycles. The summed E-state index contributed by atoms with van der Waals surface area (Å²) < 4.78 is 2.47. The number of aromatic nitrogens is 1. The van der Waals surface area contributed by atoms with Crippen LogP contribution in [-0.2, 0) is 10.8 Å². The first-order chi connectivity index (χ1) is 30.2. The molecule has 0 amide bonds. The van der Waals surface area contributed by atoms with Crippen molar-refractivity contribution in [2.75, 3.05) is 4.90 Å². The van der Waals surface area contributed by atoms with Crippen LogP contribution in [0.3, 0.4) is 0 Å². The zero-order valence-electron chi connectivity index (χ0n) is 34.7. The third-order valence-corrected chi connectivity index (χ3v) is 18.0. The number of fused-ring (bicyclic) bond motifs is 14. The van der Waals surface area contributed by atoms with Gasteiger partial charge in [-0.1, -0.05) is 110 Å². The minimum atomic E-state index is 0.157. The highest BCUT2D eigenvalue weighted by molar-refractivity contribution is 6.10. The summed E-state index contributed by atoms with van der Waals surface area (Å²) >= 11 is 0. The Labute approximate surface area is 358 Å². The number of anilines is 3. The van der Waals surface area contributed by atoms with Gasteiger partial charge in [0.1, 0.15) is 0 Å². The molecule has 1 heterocycles. The first kappa shape index (κ1) is 33.8. The molecule has 61 heavy (non-hydrogen) atoms. The Kier molecular flexibility index (Phi) is 6.62. The van der Waals surface area contributed by atoms with Gasteiger partial charge >= 0.3 is 0 Å². The molecule has 3 unspecified atom stereocenters. The van der Waals surface area contributed by atoms with Crippen LogP contribution in [0.15, 0.2) is 158 Å². The second-order valence-corrected chi connectivity index (χ2v) is 20.5. The standard InChI is InChI=1S/C59H50N2/c1-2-10-42(11-3-1)61-56-17-9-6-14-48(56)49-23-20-45(34-57(49)61)60(43-21-24-53-50(32-43)46-12-4-7-15-52(46)58(53)35-36-18-19-39(58)27-36)44-22-25-55-51(33-44)47-13-5-8-16-54(47)59(55)40-28-37-26-38(30-40)31-41(59)29-37/h1-17,20-25,32-34,36-41H,18-19,26-31,35H2. The molecule has 2 spiro atoms. The van der Waals surface area contributed by atoms with Gasteiger partial charge in [-0.25, -0.2) is 0 Å². The van der Waals surface area contributed by atoms with Crippen LogP contribution in [0.4, 0.5) is 17.1 Å². The maximum absolute atomic E-state index is 2.60. The Bertz CT molecular complexity index is 3120. The normalized spacial score (nSPS) is 29.2. The van der Waals surface area contributed by atoms with Gasteiger partial charge in [0.05, 0.1) is 11.0 Å². The van der Waals surface area contributed by atoms with Crippen LogP contribution in [0, 0.1) is 35.5 Å². The van der Waals surface area contributed by atoms with Crippen LogP contribution < -0.4 is 4.90 Å². The van der Waals surface area contributed by atoms with Crippen molar-refractivity contribution >= 4 is 38.9 Å². The van der Waals surface area contributed by atoms with Gasteiger partial charge in [0, 0.05) is 44.4 Å². The van der Waals surface area contributed by atoms with Gasteiger partial charge in [-0.15, -0.1) is 0 Å². The highest BCUT2D eigenvalue weighted by Gasteiger charge is 2.62. The smallest absolute Gasteiger partial charge is 0.0561 e. The van der Waals surface area contributed by atoms with Crippen LogP contribution in [0.2, 0.25) is 0 Å². The van der Waals surface area contributed by atoms with Crippen LogP contribution >= 0.6 is 0 Å². The molecule has 6 saturated carbocycles. The average molecular weight is 787 g/mol. The second-order valence-electron chi connectivity index (χ2n) is 20.5. The Morgan fingerprint density at radius 3 is 1.70 bits per heavy atom. The van der Waals surface area contributed by atoms with E-state index in [-0.39, 0.29) is 10.8 Å². The fraction of sp³-hybridized carbons (Fsp3) is 0.288. The van der Waals surface area contributed by atoms with Crippen molar-refractivity contribution in [1.29, 1.82) is 0 Å². The van der Waals surface area contributed by atoms with Crippen LogP contribution in [0.1, 0.15) is 80.0 Å². The number of para-hydroxylation sites is 2. The van der Waals surface area contributed by atoms with E-state index < -0.39 is 0 Å². The van der Waals surface area contributed by atoms with Gasteiger partial charge in [0.25, 0.3) is 0 Å². The molecule has 296 valence electrons. The minimum absolute atomic E-state index is 0.157. The summed E-state index contributed by atoms with van der Waals surface area (Å²) in [5.74, 6) is 4.98. The lowest BCUT2D eigenvalue weighted by molar-refractivity contribution is -0.0399.